The van der Waals surface area contributed by atoms with Crippen LogP contribution in [0, 0.1) is 0 Å². The minimum absolute atomic E-state index is 0.928. The molecule has 1 fully saturated rings. The first kappa shape index (κ1) is 13.2. The Labute approximate surface area is 120 Å². The van der Waals surface area contributed by atoms with E-state index >= 15 is 0 Å². The highest BCUT2D eigenvalue weighted by Crippen LogP contribution is 2.14. The number of nitrogens with one attached hydrogen (secondary N) is 1. The van der Waals surface area contributed by atoms with Crippen molar-refractivity contribution in [2.75, 3.05) is 31.5 Å². The molecule has 20 heavy (non-hydrogen) atoms. The van der Waals surface area contributed by atoms with Gasteiger partial charge in [-0.05, 0) is 51.0 Å². The van der Waals surface area contributed by atoms with Gasteiger partial charge in [-0.3, -0.25) is 4.57 Å². The molecule has 1 aromatic carbocycles. The Kier molecular flexibility index (Phi) is 4.33. The maximum atomic E-state index is 4.40. The third kappa shape index (κ3) is 3.20. The summed E-state index contributed by atoms with van der Waals surface area (Å²) in [5, 5.41) is 3.44. The predicted octanol–water partition coefficient (Wildman–Crippen LogP) is 2.77. The fourth-order valence-electron chi connectivity index (χ4n) is 2.74. The summed E-state index contributed by atoms with van der Waals surface area (Å²) >= 11 is 0. The first-order valence-electron chi connectivity index (χ1n) is 7.48. The Balaban J connectivity index is 1.52. The number of hydrogen-bond donors (Lipinski definition) is 1. The zero-order chi connectivity index (χ0) is 13.6. The van der Waals surface area contributed by atoms with Crippen molar-refractivity contribution in [3.63, 3.8) is 0 Å². The molecular formula is C16H22N4. The van der Waals surface area contributed by atoms with E-state index in [1.54, 1.807) is 0 Å². The van der Waals surface area contributed by atoms with Crippen molar-refractivity contribution in [2.24, 2.45) is 0 Å². The first-order valence-corrected chi connectivity index (χ1v) is 7.48. The van der Waals surface area contributed by atoms with Crippen LogP contribution in [-0.4, -0.2) is 40.6 Å². The van der Waals surface area contributed by atoms with Crippen molar-refractivity contribution in [3.8, 4) is 5.69 Å². The highest BCUT2D eigenvalue weighted by atomic mass is 15.2. The van der Waals surface area contributed by atoms with Crippen LogP contribution < -0.4 is 5.32 Å². The van der Waals surface area contributed by atoms with E-state index in [2.05, 4.69) is 31.9 Å². The number of likely N-dealkylation sites (tertiary alicyclic amines) is 1. The fourth-order valence-corrected chi connectivity index (χ4v) is 2.74. The molecule has 1 aliphatic heterocycles. The van der Waals surface area contributed by atoms with Gasteiger partial charge in [0, 0.05) is 24.6 Å². The average Bonchev–Trinajstić information content (AvgIpc) is 3.16. The van der Waals surface area contributed by atoms with Crippen LogP contribution in [0.25, 0.3) is 5.69 Å². The molecule has 3 rings (SSSR count). The second-order valence-corrected chi connectivity index (χ2v) is 5.29. The molecule has 1 N–H and O–H groups in total. The van der Waals surface area contributed by atoms with Crippen LogP contribution in [0.1, 0.15) is 19.3 Å². The van der Waals surface area contributed by atoms with Gasteiger partial charge in [0.05, 0.1) is 0 Å². The monoisotopic (exact) mass is 270 g/mol. The third-order valence-corrected chi connectivity index (χ3v) is 3.81. The standard InChI is InChI=1S/C16H22N4/c1-2-7-15(8-3-1)20-14-10-18-16(20)17-9-6-13-19-11-4-5-12-19/h1-3,7-8,10,14H,4-6,9,11-13H2,(H,17,18). The van der Waals surface area contributed by atoms with E-state index in [4.69, 9.17) is 0 Å². The molecule has 2 heterocycles. The normalized spacial score (nSPS) is 15.6. The van der Waals surface area contributed by atoms with E-state index in [-0.39, 0.29) is 0 Å². The molecule has 4 heteroatoms. The minimum Gasteiger partial charge on any atom is -0.355 e. The Hall–Kier alpha value is -1.81. The van der Waals surface area contributed by atoms with Gasteiger partial charge in [0.25, 0.3) is 0 Å². The number of imidazole rings is 1. The second kappa shape index (κ2) is 6.57. The van der Waals surface area contributed by atoms with E-state index in [1.165, 1.54) is 38.9 Å². The lowest BCUT2D eigenvalue weighted by atomic mass is 10.3. The van der Waals surface area contributed by atoms with Gasteiger partial charge in [-0.15, -0.1) is 0 Å². The van der Waals surface area contributed by atoms with Gasteiger partial charge < -0.3 is 10.2 Å². The van der Waals surface area contributed by atoms with Gasteiger partial charge >= 0.3 is 0 Å². The van der Waals surface area contributed by atoms with E-state index in [0.717, 1.165) is 18.2 Å². The van der Waals surface area contributed by atoms with Crippen molar-refractivity contribution in [2.45, 2.75) is 19.3 Å². The van der Waals surface area contributed by atoms with Gasteiger partial charge in [-0.1, -0.05) is 18.2 Å². The maximum absolute atomic E-state index is 4.40. The van der Waals surface area contributed by atoms with Gasteiger partial charge in [0.1, 0.15) is 0 Å². The van der Waals surface area contributed by atoms with E-state index in [1.807, 2.05) is 30.6 Å². The topological polar surface area (TPSA) is 33.1 Å². The SMILES string of the molecule is c1ccc(-n2ccnc2NCCCN2CCCC2)cc1. The Morgan fingerprint density at radius 2 is 1.90 bits per heavy atom. The van der Waals surface area contributed by atoms with Crippen LogP contribution in [0.15, 0.2) is 42.7 Å². The molecule has 0 aliphatic carbocycles. The van der Waals surface area contributed by atoms with Gasteiger partial charge in [-0.2, -0.15) is 0 Å². The summed E-state index contributed by atoms with van der Waals surface area (Å²) in [6.07, 6.45) is 7.74. The third-order valence-electron chi connectivity index (χ3n) is 3.81. The fraction of sp³-hybridized carbons (Fsp3) is 0.438. The summed E-state index contributed by atoms with van der Waals surface area (Å²) in [6, 6.07) is 10.3. The number of aromatic nitrogens is 2. The molecule has 1 aromatic heterocycles. The summed E-state index contributed by atoms with van der Waals surface area (Å²) in [6.45, 7) is 4.72. The predicted molar refractivity (Wildman–Crippen MR) is 82.3 cm³/mol. The number of hydrogen-bond acceptors (Lipinski definition) is 3. The zero-order valence-electron chi connectivity index (χ0n) is 11.8. The number of benzene rings is 1. The summed E-state index contributed by atoms with van der Waals surface area (Å²) in [4.78, 5) is 6.95. The van der Waals surface area contributed by atoms with Crippen LogP contribution in [0.2, 0.25) is 0 Å². The lowest BCUT2D eigenvalue weighted by Crippen LogP contribution is -2.22. The van der Waals surface area contributed by atoms with Crippen LogP contribution >= 0.6 is 0 Å². The molecule has 1 aliphatic rings. The second-order valence-electron chi connectivity index (χ2n) is 5.29. The zero-order valence-corrected chi connectivity index (χ0v) is 11.8. The van der Waals surface area contributed by atoms with Crippen LogP contribution in [0.3, 0.4) is 0 Å². The number of nitrogens with zero attached hydrogens (tertiary/aromatic N) is 3. The Bertz CT molecular complexity index is 514. The molecule has 0 spiro atoms. The molecule has 0 amide bonds. The van der Waals surface area contributed by atoms with Gasteiger partial charge in [0.15, 0.2) is 0 Å². The Morgan fingerprint density at radius 1 is 1.10 bits per heavy atom. The molecule has 2 aromatic rings. The average molecular weight is 270 g/mol. The summed E-state index contributed by atoms with van der Waals surface area (Å²) in [5.41, 5.74) is 1.15. The van der Waals surface area contributed by atoms with Crippen molar-refractivity contribution in [3.05, 3.63) is 42.7 Å². The minimum atomic E-state index is 0.928. The molecule has 1 saturated heterocycles. The summed E-state index contributed by atoms with van der Waals surface area (Å²) < 4.78 is 2.09. The number of rotatable bonds is 6. The molecule has 0 saturated carbocycles. The quantitative estimate of drug-likeness (QED) is 0.819. The maximum Gasteiger partial charge on any atom is 0.207 e. The highest BCUT2D eigenvalue weighted by Gasteiger charge is 2.10. The molecule has 0 radical (unpaired) electrons. The van der Waals surface area contributed by atoms with Gasteiger partial charge in [-0.25, -0.2) is 4.98 Å². The van der Waals surface area contributed by atoms with Crippen molar-refractivity contribution in [1.82, 2.24) is 14.5 Å². The van der Waals surface area contributed by atoms with E-state index < -0.39 is 0 Å². The summed E-state index contributed by atoms with van der Waals surface area (Å²) in [5.74, 6) is 0.928. The molecule has 0 atom stereocenters. The van der Waals surface area contributed by atoms with Crippen molar-refractivity contribution >= 4 is 5.95 Å². The van der Waals surface area contributed by atoms with E-state index in [0.29, 0.717) is 0 Å². The van der Waals surface area contributed by atoms with Crippen LogP contribution in [-0.2, 0) is 0 Å². The Morgan fingerprint density at radius 3 is 2.70 bits per heavy atom. The molecule has 4 nitrogen and oxygen atoms in total. The van der Waals surface area contributed by atoms with E-state index in [9.17, 15) is 0 Å². The van der Waals surface area contributed by atoms with Crippen LogP contribution in [0.5, 0.6) is 0 Å². The molecule has 106 valence electrons. The number of para-hydroxylation sites is 1. The highest BCUT2D eigenvalue weighted by molar-refractivity contribution is 5.41. The molecular weight excluding hydrogens is 248 g/mol. The lowest BCUT2D eigenvalue weighted by molar-refractivity contribution is 0.337. The first-order chi connectivity index (χ1) is 9.93. The lowest BCUT2D eigenvalue weighted by Gasteiger charge is -2.15. The van der Waals surface area contributed by atoms with Crippen molar-refractivity contribution in [1.29, 1.82) is 0 Å². The van der Waals surface area contributed by atoms with Gasteiger partial charge in [0.2, 0.25) is 5.95 Å². The smallest absolute Gasteiger partial charge is 0.207 e. The van der Waals surface area contributed by atoms with Crippen molar-refractivity contribution < 1.29 is 0 Å². The van der Waals surface area contributed by atoms with Crippen LogP contribution in [0.4, 0.5) is 5.95 Å². The summed E-state index contributed by atoms with van der Waals surface area (Å²) in [7, 11) is 0. The molecule has 0 bridgehead atoms. The number of anilines is 1. The largest absolute Gasteiger partial charge is 0.355 e. The molecule has 0 unspecified atom stereocenters.